The second kappa shape index (κ2) is 36.1. The molecule has 0 bridgehead atoms. The van der Waals surface area contributed by atoms with Crippen LogP contribution in [0.15, 0.2) is 0 Å². The summed E-state index contributed by atoms with van der Waals surface area (Å²) < 4.78 is 0. The summed E-state index contributed by atoms with van der Waals surface area (Å²) in [6.07, 6.45) is 31.3. The molecule has 0 saturated carbocycles. The monoisotopic (exact) mass is 496 g/mol. The second-order valence-corrected chi connectivity index (χ2v) is 9.57. The van der Waals surface area contributed by atoms with Crippen LogP contribution in [0.5, 0.6) is 0 Å². The predicted molar refractivity (Wildman–Crippen MR) is 153 cm³/mol. The smallest absolute Gasteiger partial charge is 0.00484 e. The molecule has 0 unspecified atom stereocenters. The van der Waals surface area contributed by atoms with Crippen molar-refractivity contribution >= 4 is 24.8 Å². The van der Waals surface area contributed by atoms with Crippen LogP contribution in [0.1, 0.15) is 155 Å². The van der Waals surface area contributed by atoms with Crippen molar-refractivity contribution < 1.29 is 0 Å². The third-order valence-electron chi connectivity index (χ3n) is 6.37. The Kier molecular flexibility index (Phi) is 41.8. The highest BCUT2D eigenvalue weighted by atomic mass is 35.5. The molecule has 0 aromatic carbocycles. The molecule has 0 heterocycles. The molecule has 0 spiro atoms. The average molecular weight is 498 g/mol. The van der Waals surface area contributed by atoms with E-state index in [1.165, 1.54) is 167 Å². The molecular weight excluding hydrogens is 435 g/mol. The van der Waals surface area contributed by atoms with Crippen LogP contribution < -0.4 is 10.6 Å². The molecule has 32 heavy (non-hydrogen) atoms. The van der Waals surface area contributed by atoms with Gasteiger partial charge in [-0.25, -0.2) is 0 Å². The summed E-state index contributed by atoms with van der Waals surface area (Å²) in [5, 5.41) is 7.26. The van der Waals surface area contributed by atoms with Crippen molar-refractivity contribution in [2.24, 2.45) is 0 Å². The Hall–Kier alpha value is 0.500. The van der Waals surface area contributed by atoms with Crippen molar-refractivity contribution in [3.63, 3.8) is 0 Å². The highest BCUT2D eigenvalue weighted by Crippen LogP contribution is 2.11. The summed E-state index contributed by atoms with van der Waals surface area (Å²) in [5.74, 6) is 0. The van der Waals surface area contributed by atoms with Crippen molar-refractivity contribution in [1.82, 2.24) is 10.6 Å². The van der Waals surface area contributed by atoms with Crippen molar-refractivity contribution in [1.29, 1.82) is 0 Å². The van der Waals surface area contributed by atoms with Gasteiger partial charge in [-0.3, -0.25) is 0 Å². The van der Waals surface area contributed by atoms with Crippen LogP contribution in [-0.4, -0.2) is 26.2 Å². The van der Waals surface area contributed by atoms with Gasteiger partial charge in [0.1, 0.15) is 0 Å². The molecule has 2 nitrogen and oxygen atoms in total. The van der Waals surface area contributed by atoms with Gasteiger partial charge in [-0.2, -0.15) is 0 Å². The molecule has 0 aromatic heterocycles. The molecule has 0 aromatic rings. The molecular formula is C28H62Cl2N2. The minimum absolute atomic E-state index is 0. The van der Waals surface area contributed by atoms with Crippen LogP contribution in [0.25, 0.3) is 0 Å². The lowest BCUT2D eigenvalue weighted by Gasteiger charge is -2.07. The van der Waals surface area contributed by atoms with Gasteiger partial charge in [0.05, 0.1) is 0 Å². The zero-order valence-electron chi connectivity index (χ0n) is 22.2. The van der Waals surface area contributed by atoms with E-state index in [1.54, 1.807) is 0 Å². The Bertz CT molecular complexity index is 263. The minimum atomic E-state index is 0. The van der Waals surface area contributed by atoms with Crippen LogP contribution in [0.2, 0.25) is 0 Å². The molecule has 198 valence electrons. The first kappa shape index (κ1) is 37.1. The number of unbranched alkanes of at least 4 members (excludes halogenated alkanes) is 19. The molecule has 0 fully saturated rings. The van der Waals surface area contributed by atoms with E-state index in [2.05, 4.69) is 24.5 Å². The van der Waals surface area contributed by atoms with Gasteiger partial charge >= 0.3 is 0 Å². The number of hydrogen-bond donors (Lipinski definition) is 2. The van der Waals surface area contributed by atoms with E-state index in [0.29, 0.717) is 0 Å². The first-order chi connectivity index (χ1) is 14.9. The quantitative estimate of drug-likeness (QED) is 0.110. The minimum Gasteiger partial charge on any atom is -0.317 e. The van der Waals surface area contributed by atoms with Gasteiger partial charge in [-0.1, -0.05) is 129 Å². The first-order valence-electron chi connectivity index (χ1n) is 14.3. The zero-order chi connectivity index (χ0) is 21.8. The van der Waals surface area contributed by atoms with Crippen LogP contribution in [0, 0.1) is 0 Å². The molecule has 0 aliphatic rings. The highest BCUT2D eigenvalue weighted by Gasteiger charge is 1.95. The van der Waals surface area contributed by atoms with Crippen LogP contribution in [-0.2, 0) is 0 Å². The number of hydrogen-bond acceptors (Lipinski definition) is 2. The van der Waals surface area contributed by atoms with Gasteiger partial charge in [0.15, 0.2) is 0 Å². The van der Waals surface area contributed by atoms with E-state index < -0.39 is 0 Å². The maximum Gasteiger partial charge on any atom is -0.00484 e. The SMILES string of the molecule is CCCCCCCCCCCCNCCCCNCCCCCCCCCCCC.Cl.Cl. The van der Waals surface area contributed by atoms with E-state index in [1.807, 2.05) is 0 Å². The van der Waals surface area contributed by atoms with Crippen LogP contribution in [0.4, 0.5) is 0 Å². The topological polar surface area (TPSA) is 24.1 Å². The molecule has 0 aliphatic carbocycles. The fourth-order valence-corrected chi connectivity index (χ4v) is 4.22. The lowest BCUT2D eigenvalue weighted by atomic mass is 10.1. The third-order valence-corrected chi connectivity index (χ3v) is 6.37. The van der Waals surface area contributed by atoms with Crippen molar-refractivity contribution in [3.05, 3.63) is 0 Å². The molecule has 0 saturated heterocycles. The Morgan fingerprint density at radius 3 is 0.719 bits per heavy atom. The number of halogens is 2. The predicted octanol–water partition coefficient (Wildman–Crippen LogP) is 9.63. The van der Waals surface area contributed by atoms with Crippen LogP contribution in [0.3, 0.4) is 0 Å². The van der Waals surface area contributed by atoms with Gasteiger partial charge in [-0.05, 0) is 51.9 Å². The van der Waals surface area contributed by atoms with E-state index in [9.17, 15) is 0 Å². The average Bonchev–Trinajstić information content (AvgIpc) is 2.76. The standard InChI is InChI=1S/C28H60N2.2ClH/c1-3-5-7-9-11-13-15-17-19-21-25-29-27-23-24-28-30-26-22-20-18-16-14-12-10-8-6-4-2;;/h29-30H,3-28H2,1-2H3;2*1H. The summed E-state index contributed by atoms with van der Waals surface area (Å²) in [5.41, 5.74) is 0. The number of nitrogens with one attached hydrogen (secondary N) is 2. The maximum atomic E-state index is 3.63. The number of rotatable bonds is 27. The summed E-state index contributed by atoms with van der Waals surface area (Å²) in [6.45, 7) is 9.45. The maximum absolute atomic E-state index is 3.63. The van der Waals surface area contributed by atoms with E-state index in [0.717, 1.165) is 0 Å². The van der Waals surface area contributed by atoms with Crippen molar-refractivity contribution in [3.8, 4) is 0 Å². The lowest BCUT2D eigenvalue weighted by molar-refractivity contribution is 0.525. The molecule has 0 aliphatic heterocycles. The summed E-state index contributed by atoms with van der Waals surface area (Å²) in [6, 6.07) is 0. The largest absolute Gasteiger partial charge is 0.317 e. The Morgan fingerprint density at radius 2 is 0.469 bits per heavy atom. The first-order valence-corrected chi connectivity index (χ1v) is 14.3. The molecule has 4 heteroatoms. The van der Waals surface area contributed by atoms with Crippen molar-refractivity contribution in [2.75, 3.05) is 26.2 Å². The molecule has 0 rings (SSSR count). The van der Waals surface area contributed by atoms with Crippen LogP contribution >= 0.6 is 24.8 Å². The fourth-order valence-electron chi connectivity index (χ4n) is 4.22. The summed E-state index contributed by atoms with van der Waals surface area (Å²) in [4.78, 5) is 0. The molecule has 0 atom stereocenters. The highest BCUT2D eigenvalue weighted by molar-refractivity contribution is 5.85. The molecule has 0 amide bonds. The van der Waals surface area contributed by atoms with Gasteiger partial charge < -0.3 is 10.6 Å². The van der Waals surface area contributed by atoms with E-state index in [-0.39, 0.29) is 24.8 Å². The Morgan fingerprint density at radius 1 is 0.281 bits per heavy atom. The van der Waals surface area contributed by atoms with E-state index >= 15 is 0 Å². The van der Waals surface area contributed by atoms with Gasteiger partial charge in [0.2, 0.25) is 0 Å². The van der Waals surface area contributed by atoms with Gasteiger partial charge in [0, 0.05) is 0 Å². The van der Waals surface area contributed by atoms with E-state index in [4.69, 9.17) is 0 Å². The second-order valence-electron chi connectivity index (χ2n) is 9.57. The fraction of sp³-hybridized carbons (Fsp3) is 1.00. The zero-order valence-corrected chi connectivity index (χ0v) is 23.8. The Balaban J connectivity index is -0.00000420. The van der Waals surface area contributed by atoms with Gasteiger partial charge in [0.25, 0.3) is 0 Å². The summed E-state index contributed by atoms with van der Waals surface area (Å²) in [7, 11) is 0. The normalized spacial score (nSPS) is 10.7. The third kappa shape index (κ3) is 35.1. The molecule has 2 N–H and O–H groups in total. The van der Waals surface area contributed by atoms with Crippen molar-refractivity contribution in [2.45, 2.75) is 155 Å². The lowest BCUT2D eigenvalue weighted by Crippen LogP contribution is -2.20. The molecule has 0 radical (unpaired) electrons. The Labute approximate surface area is 216 Å². The summed E-state index contributed by atoms with van der Waals surface area (Å²) >= 11 is 0. The van der Waals surface area contributed by atoms with Gasteiger partial charge in [-0.15, -0.1) is 24.8 Å².